The van der Waals surface area contributed by atoms with Crippen LogP contribution < -0.4 is 0 Å². The van der Waals surface area contributed by atoms with Crippen LogP contribution in [0.4, 0.5) is 65.9 Å². The molecular formula is C11H9F15O. The smallest absolute Gasteiger partial charge is 0.393 e. The summed E-state index contributed by atoms with van der Waals surface area (Å²) in [6.45, 7) is 0.823. The lowest BCUT2D eigenvalue weighted by Crippen LogP contribution is -2.72. The van der Waals surface area contributed by atoms with Gasteiger partial charge in [-0.2, -0.15) is 65.9 Å². The molecule has 0 saturated heterocycles. The highest BCUT2D eigenvalue weighted by atomic mass is 19.4. The molecule has 1 nitrogen and oxygen atoms in total. The molecular weight excluding hydrogens is 433 g/mol. The maximum absolute atomic E-state index is 13.2. The van der Waals surface area contributed by atoms with Crippen LogP contribution in [-0.4, -0.2) is 52.9 Å². The highest BCUT2D eigenvalue weighted by Gasteiger charge is 2.93. The van der Waals surface area contributed by atoms with Crippen molar-refractivity contribution in [2.45, 2.75) is 67.6 Å². The Hall–Kier alpha value is -1.09. The number of aliphatic hydroxyl groups is 1. The summed E-state index contributed by atoms with van der Waals surface area (Å²) in [4.78, 5) is 0. The molecule has 0 heterocycles. The Morgan fingerprint density at radius 2 is 0.852 bits per heavy atom. The Morgan fingerprint density at radius 1 is 0.556 bits per heavy atom. The molecule has 0 aromatic rings. The van der Waals surface area contributed by atoms with Crippen LogP contribution in [0.3, 0.4) is 0 Å². The monoisotopic (exact) mass is 442 g/mol. The number of hydrogen-bond acceptors (Lipinski definition) is 1. The van der Waals surface area contributed by atoms with Gasteiger partial charge in [-0.05, 0) is 6.42 Å². The van der Waals surface area contributed by atoms with E-state index in [9.17, 15) is 65.9 Å². The van der Waals surface area contributed by atoms with E-state index in [1.807, 2.05) is 0 Å². The van der Waals surface area contributed by atoms with E-state index in [1.165, 1.54) is 0 Å². The van der Waals surface area contributed by atoms with Crippen molar-refractivity contribution in [1.29, 1.82) is 0 Å². The minimum Gasteiger partial charge on any atom is -0.393 e. The van der Waals surface area contributed by atoms with Crippen LogP contribution >= 0.6 is 0 Å². The summed E-state index contributed by atoms with van der Waals surface area (Å²) in [6.07, 6.45) is -13.7. The van der Waals surface area contributed by atoms with Crippen LogP contribution in [0.1, 0.15) is 19.8 Å². The first-order valence-corrected chi connectivity index (χ1v) is 6.47. The maximum atomic E-state index is 13.2. The van der Waals surface area contributed by atoms with Gasteiger partial charge >= 0.3 is 41.7 Å². The molecule has 0 radical (unpaired) electrons. The third-order valence-corrected chi connectivity index (χ3v) is 3.36. The minimum atomic E-state index is -8.29. The summed E-state index contributed by atoms with van der Waals surface area (Å²) in [5, 5.41) is 8.76. The zero-order valence-corrected chi connectivity index (χ0v) is 12.6. The van der Waals surface area contributed by atoms with Gasteiger partial charge in [0.2, 0.25) is 0 Å². The fourth-order valence-corrected chi connectivity index (χ4v) is 1.57. The molecule has 0 spiro atoms. The quantitative estimate of drug-likeness (QED) is 0.491. The van der Waals surface area contributed by atoms with Crippen LogP contribution in [0.2, 0.25) is 0 Å². The molecule has 164 valence electrons. The van der Waals surface area contributed by atoms with Crippen molar-refractivity contribution in [2.24, 2.45) is 0 Å². The molecule has 1 N–H and O–H groups in total. The molecule has 0 rings (SSSR count). The van der Waals surface area contributed by atoms with Gasteiger partial charge in [0, 0.05) is 6.42 Å². The molecule has 0 aliphatic carbocycles. The number of halogens is 15. The molecule has 0 saturated carbocycles. The lowest BCUT2D eigenvalue weighted by atomic mass is 9.89. The van der Waals surface area contributed by atoms with Gasteiger partial charge in [0.15, 0.2) is 0 Å². The van der Waals surface area contributed by atoms with E-state index < -0.39 is 60.7 Å². The second-order valence-electron chi connectivity index (χ2n) is 5.34. The summed E-state index contributed by atoms with van der Waals surface area (Å²) < 4.78 is 192. The number of rotatable bonds is 8. The fraction of sp³-hybridized carbons (Fsp3) is 1.00. The van der Waals surface area contributed by atoms with Crippen LogP contribution in [0.5, 0.6) is 0 Å². The molecule has 0 amide bonds. The van der Waals surface area contributed by atoms with E-state index in [0.29, 0.717) is 0 Å². The molecule has 1 unspecified atom stereocenters. The van der Waals surface area contributed by atoms with Gasteiger partial charge in [0.25, 0.3) is 0 Å². The lowest BCUT2D eigenvalue weighted by molar-refractivity contribution is -0.453. The van der Waals surface area contributed by atoms with Crippen molar-refractivity contribution in [3.05, 3.63) is 0 Å². The van der Waals surface area contributed by atoms with Crippen molar-refractivity contribution in [1.82, 2.24) is 0 Å². The SMILES string of the molecule is CCC(O)CC(F)(F)C(F)(F)C(F)(F)C(F)(F)C(F)(F)C(F)(F)C(F)(F)F. The van der Waals surface area contributed by atoms with Crippen molar-refractivity contribution >= 4 is 0 Å². The highest BCUT2D eigenvalue weighted by Crippen LogP contribution is 2.62. The van der Waals surface area contributed by atoms with E-state index in [2.05, 4.69) is 0 Å². The highest BCUT2D eigenvalue weighted by molar-refractivity contribution is 5.13. The van der Waals surface area contributed by atoms with Gasteiger partial charge in [0.05, 0.1) is 6.10 Å². The predicted octanol–water partition coefficient (Wildman–Crippen LogP) is 5.52. The van der Waals surface area contributed by atoms with Gasteiger partial charge < -0.3 is 5.11 Å². The third-order valence-electron chi connectivity index (χ3n) is 3.36. The second-order valence-corrected chi connectivity index (χ2v) is 5.34. The van der Waals surface area contributed by atoms with Gasteiger partial charge in [0.1, 0.15) is 0 Å². The van der Waals surface area contributed by atoms with Gasteiger partial charge in [-0.3, -0.25) is 0 Å². The standard InChI is InChI=1S/C11H9F15O/c1-2-4(27)3-5(12,13)6(14,15)7(16,17)8(18,19)9(20,21)10(22,23)11(24,25)26/h4,27H,2-3H2,1H3. The first-order valence-electron chi connectivity index (χ1n) is 6.47. The normalized spacial score (nSPS) is 17.2. The number of hydrogen-bond donors (Lipinski definition) is 1. The van der Waals surface area contributed by atoms with Gasteiger partial charge in [-0.15, -0.1) is 0 Å². The van der Waals surface area contributed by atoms with Crippen LogP contribution in [0, 0.1) is 0 Å². The van der Waals surface area contributed by atoms with Crippen LogP contribution in [0.15, 0.2) is 0 Å². The van der Waals surface area contributed by atoms with E-state index in [1.54, 1.807) is 0 Å². The molecule has 0 aromatic carbocycles. The average Bonchev–Trinajstić information content (AvgIpc) is 2.44. The number of aliphatic hydroxyl groups excluding tert-OH is 1. The zero-order chi connectivity index (χ0) is 22.5. The predicted molar refractivity (Wildman–Crippen MR) is 56.7 cm³/mol. The Labute approximate surface area is 140 Å². The van der Waals surface area contributed by atoms with Crippen molar-refractivity contribution < 1.29 is 71.0 Å². The molecule has 0 aliphatic heterocycles. The van der Waals surface area contributed by atoms with Crippen molar-refractivity contribution in [2.75, 3.05) is 0 Å². The first-order chi connectivity index (χ1) is 11.5. The summed E-state index contributed by atoms with van der Waals surface area (Å²) >= 11 is 0. The Kier molecular flexibility index (Phi) is 6.48. The molecule has 0 bridgehead atoms. The second kappa shape index (κ2) is 6.76. The number of alkyl halides is 15. The fourth-order valence-electron chi connectivity index (χ4n) is 1.57. The van der Waals surface area contributed by atoms with E-state index in [0.717, 1.165) is 6.92 Å². The summed E-state index contributed by atoms with van der Waals surface area (Å²) in [5.41, 5.74) is 0. The largest absolute Gasteiger partial charge is 0.460 e. The molecule has 1 atom stereocenters. The van der Waals surface area contributed by atoms with Crippen LogP contribution in [0.25, 0.3) is 0 Å². The van der Waals surface area contributed by atoms with Crippen molar-refractivity contribution in [3.63, 3.8) is 0 Å². The summed E-state index contributed by atoms with van der Waals surface area (Å²) in [7, 11) is 0. The minimum absolute atomic E-state index is 0.823. The summed E-state index contributed by atoms with van der Waals surface area (Å²) in [6, 6.07) is 0. The lowest BCUT2D eigenvalue weighted by Gasteiger charge is -2.41. The van der Waals surface area contributed by atoms with Crippen LogP contribution in [-0.2, 0) is 0 Å². The molecule has 0 aromatic heterocycles. The van der Waals surface area contributed by atoms with E-state index in [4.69, 9.17) is 5.11 Å². The topological polar surface area (TPSA) is 20.2 Å². The third kappa shape index (κ3) is 3.64. The Morgan fingerprint density at radius 3 is 1.15 bits per heavy atom. The maximum Gasteiger partial charge on any atom is 0.460 e. The zero-order valence-electron chi connectivity index (χ0n) is 12.6. The van der Waals surface area contributed by atoms with E-state index >= 15 is 0 Å². The molecule has 0 aliphatic rings. The van der Waals surface area contributed by atoms with Crippen molar-refractivity contribution in [3.8, 4) is 0 Å². The molecule has 0 fully saturated rings. The Bertz CT molecular complexity index is 520. The van der Waals surface area contributed by atoms with E-state index in [-0.39, 0.29) is 0 Å². The summed E-state index contributed by atoms with van der Waals surface area (Å²) in [5.74, 6) is -46.5. The molecule has 16 heteroatoms. The van der Waals surface area contributed by atoms with Gasteiger partial charge in [-0.1, -0.05) is 6.92 Å². The first kappa shape index (κ1) is 25.9. The van der Waals surface area contributed by atoms with Gasteiger partial charge in [-0.25, -0.2) is 0 Å². The Balaban J connectivity index is 6.39. The average molecular weight is 442 g/mol. The molecule has 27 heavy (non-hydrogen) atoms.